The molecule has 0 saturated heterocycles. The van der Waals surface area contributed by atoms with Crippen molar-refractivity contribution in [1.82, 2.24) is 14.6 Å². The van der Waals surface area contributed by atoms with Gasteiger partial charge in [0.25, 0.3) is 0 Å². The first-order chi connectivity index (χ1) is 9.36. The van der Waals surface area contributed by atoms with Gasteiger partial charge in [0.2, 0.25) is 10.0 Å². The highest BCUT2D eigenvalue weighted by atomic mass is 79.9. The van der Waals surface area contributed by atoms with Crippen molar-refractivity contribution in [2.45, 2.75) is 17.7 Å². The number of pyridine rings is 1. The van der Waals surface area contributed by atoms with Crippen molar-refractivity contribution in [3.63, 3.8) is 0 Å². The van der Waals surface area contributed by atoms with Crippen LogP contribution in [0.2, 0.25) is 0 Å². The van der Waals surface area contributed by atoms with Crippen molar-refractivity contribution in [1.29, 1.82) is 0 Å². The minimum atomic E-state index is -3.54. The van der Waals surface area contributed by atoms with Crippen molar-refractivity contribution in [3.05, 3.63) is 16.7 Å². The zero-order chi connectivity index (χ0) is 15.2. The second kappa shape index (κ2) is 7.92. The summed E-state index contributed by atoms with van der Waals surface area (Å²) < 4.78 is 27.7. The molecule has 1 aromatic rings. The summed E-state index contributed by atoms with van der Waals surface area (Å²) in [5.41, 5.74) is 0. The fraction of sp³-hybridized carbons (Fsp3) is 0.583. The van der Waals surface area contributed by atoms with Crippen LogP contribution in [-0.4, -0.2) is 52.5 Å². The van der Waals surface area contributed by atoms with Gasteiger partial charge >= 0.3 is 0 Å². The highest BCUT2D eigenvalue weighted by molar-refractivity contribution is 9.10. The van der Waals surface area contributed by atoms with Gasteiger partial charge in [-0.05, 0) is 55.5 Å². The van der Waals surface area contributed by atoms with Gasteiger partial charge in [-0.1, -0.05) is 0 Å². The highest BCUT2D eigenvalue weighted by Crippen LogP contribution is 2.22. The zero-order valence-corrected chi connectivity index (χ0v) is 14.4. The van der Waals surface area contributed by atoms with Crippen molar-refractivity contribution in [3.8, 4) is 0 Å². The van der Waals surface area contributed by atoms with Gasteiger partial charge in [-0.25, -0.2) is 18.1 Å². The number of nitrogens with one attached hydrogen (secondary N) is 2. The van der Waals surface area contributed by atoms with Gasteiger partial charge in [0.05, 0.1) is 0 Å². The molecule has 1 rings (SSSR count). The van der Waals surface area contributed by atoms with Crippen molar-refractivity contribution in [2.75, 3.05) is 39.5 Å². The molecular weight excluding hydrogens is 344 g/mol. The van der Waals surface area contributed by atoms with Gasteiger partial charge < -0.3 is 10.2 Å². The van der Waals surface area contributed by atoms with E-state index >= 15 is 0 Å². The molecule has 20 heavy (non-hydrogen) atoms. The van der Waals surface area contributed by atoms with Gasteiger partial charge in [-0.3, -0.25) is 0 Å². The predicted molar refractivity (Wildman–Crippen MR) is 84.5 cm³/mol. The first kappa shape index (κ1) is 17.4. The van der Waals surface area contributed by atoms with Gasteiger partial charge in [0.15, 0.2) is 0 Å². The molecule has 0 spiro atoms. The van der Waals surface area contributed by atoms with Crippen LogP contribution in [0, 0.1) is 0 Å². The van der Waals surface area contributed by atoms with E-state index in [9.17, 15) is 8.42 Å². The Kier molecular flexibility index (Phi) is 6.87. The summed E-state index contributed by atoms with van der Waals surface area (Å²) in [6.07, 6.45) is 3.31. The number of hydrogen-bond donors (Lipinski definition) is 2. The molecule has 0 aromatic carbocycles. The lowest BCUT2D eigenvalue weighted by atomic mass is 10.3. The van der Waals surface area contributed by atoms with E-state index in [1.54, 1.807) is 19.3 Å². The molecule has 0 amide bonds. The fourth-order valence-corrected chi connectivity index (χ4v) is 3.39. The van der Waals surface area contributed by atoms with Gasteiger partial charge in [-0.2, -0.15) is 0 Å². The van der Waals surface area contributed by atoms with Gasteiger partial charge in [-0.15, -0.1) is 0 Å². The molecule has 0 aliphatic rings. The van der Waals surface area contributed by atoms with Crippen molar-refractivity contribution >= 4 is 31.8 Å². The largest absolute Gasteiger partial charge is 0.372 e. The minimum absolute atomic E-state index is 0.155. The number of rotatable bonds is 8. The number of anilines is 1. The van der Waals surface area contributed by atoms with E-state index < -0.39 is 10.0 Å². The second-order valence-electron chi connectivity index (χ2n) is 4.66. The average molecular weight is 365 g/mol. The summed E-state index contributed by atoms with van der Waals surface area (Å²) in [5, 5.41) is 2.79. The van der Waals surface area contributed by atoms with Gasteiger partial charge in [0, 0.05) is 24.3 Å². The summed E-state index contributed by atoms with van der Waals surface area (Å²) >= 11 is 3.24. The maximum atomic E-state index is 12.2. The first-order valence-corrected chi connectivity index (χ1v) is 8.62. The molecule has 0 bridgehead atoms. The molecule has 6 nitrogen and oxygen atoms in total. The number of halogens is 1. The Morgan fingerprint density at radius 3 is 2.65 bits per heavy atom. The third kappa shape index (κ3) is 5.35. The van der Waals surface area contributed by atoms with E-state index in [4.69, 9.17) is 0 Å². The zero-order valence-electron chi connectivity index (χ0n) is 12.0. The Morgan fingerprint density at radius 1 is 1.35 bits per heavy atom. The lowest BCUT2D eigenvalue weighted by molar-refractivity contribution is 0.394. The lowest BCUT2D eigenvalue weighted by Crippen LogP contribution is -2.26. The molecule has 0 saturated carbocycles. The van der Waals surface area contributed by atoms with E-state index in [2.05, 4.69) is 35.9 Å². The number of sulfonamides is 1. The molecule has 114 valence electrons. The molecule has 2 N–H and O–H groups in total. The van der Waals surface area contributed by atoms with Crippen LogP contribution in [0.1, 0.15) is 12.8 Å². The Hall–Kier alpha value is -0.700. The molecule has 0 fully saturated rings. The van der Waals surface area contributed by atoms with E-state index in [0.717, 1.165) is 19.4 Å². The molecular formula is C12H21BrN4O2S. The highest BCUT2D eigenvalue weighted by Gasteiger charge is 2.19. The van der Waals surface area contributed by atoms with Crippen molar-refractivity contribution < 1.29 is 8.42 Å². The summed E-state index contributed by atoms with van der Waals surface area (Å²) in [6, 6.07) is 1.54. The van der Waals surface area contributed by atoms with Crippen LogP contribution in [0.5, 0.6) is 0 Å². The van der Waals surface area contributed by atoms with Crippen LogP contribution in [0.4, 0.5) is 5.82 Å². The van der Waals surface area contributed by atoms with Gasteiger partial charge in [0.1, 0.15) is 10.7 Å². The standard InChI is InChI=1S/C12H21BrN4O2S/c1-14-12-11(8-10(13)9-15-12)20(18,19)16-6-4-5-7-17(2)3/h8-9,16H,4-7H2,1-3H3,(H,14,15). The van der Waals surface area contributed by atoms with Crippen LogP contribution in [0.25, 0.3) is 0 Å². The van der Waals surface area contributed by atoms with Crippen LogP contribution in [0.3, 0.4) is 0 Å². The second-order valence-corrected chi connectivity index (χ2v) is 7.31. The molecule has 0 unspecified atom stereocenters. The van der Waals surface area contributed by atoms with Crippen LogP contribution in [0.15, 0.2) is 21.6 Å². The normalized spacial score (nSPS) is 11.8. The number of aromatic nitrogens is 1. The molecule has 8 heteroatoms. The molecule has 1 aromatic heterocycles. The van der Waals surface area contributed by atoms with Crippen LogP contribution < -0.4 is 10.0 Å². The molecule has 0 aliphatic carbocycles. The van der Waals surface area contributed by atoms with E-state index in [0.29, 0.717) is 16.8 Å². The number of hydrogen-bond acceptors (Lipinski definition) is 5. The molecule has 0 atom stereocenters. The van der Waals surface area contributed by atoms with Crippen molar-refractivity contribution in [2.24, 2.45) is 0 Å². The maximum Gasteiger partial charge on any atom is 0.244 e. The minimum Gasteiger partial charge on any atom is -0.372 e. The quantitative estimate of drug-likeness (QED) is 0.683. The molecule has 0 radical (unpaired) electrons. The number of nitrogens with zero attached hydrogens (tertiary/aromatic N) is 2. The Bertz CT molecular complexity index is 534. The van der Waals surface area contributed by atoms with Crippen LogP contribution in [-0.2, 0) is 10.0 Å². The SMILES string of the molecule is CNc1ncc(Br)cc1S(=O)(=O)NCCCCN(C)C. The first-order valence-electron chi connectivity index (χ1n) is 6.34. The Morgan fingerprint density at radius 2 is 2.05 bits per heavy atom. The smallest absolute Gasteiger partial charge is 0.244 e. The summed E-state index contributed by atoms with van der Waals surface area (Å²) in [6.45, 7) is 1.37. The lowest BCUT2D eigenvalue weighted by Gasteiger charge is -2.12. The molecule has 0 aliphatic heterocycles. The summed E-state index contributed by atoms with van der Waals surface area (Å²) in [4.78, 5) is 6.28. The topological polar surface area (TPSA) is 74.3 Å². The Balaban J connectivity index is 2.67. The third-order valence-electron chi connectivity index (χ3n) is 2.67. The summed E-state index contributed by atoms with van der Waals surface area (Å²) in [7, 11) is 2.09. The third-order valence-corrected chi connectivity index (χ3v) is 4.58. The van der Waals surface area contributed by atoms with E-state index in [-0.39, 0.29) is 4.90 Å². The van der Waals surface area contributed by atoms with E-state index in [1.165, 1.54) is 0 Å². The number of unbranched alkanes of at least 4 members (excludes halogenated alkanes) is 1. The van der Waals surface area contributed by atoms with Crippen LogP contribution >= 0.6 is 15.9 Å². The monoisotopic (exact) mass is 364 g/mol. The predicted octanol–water partition coefficient (Wildman–Crippen LogP) is 1.51. The molecule has 1 heterocycles. The van der Waals surface area contributed by atoms with E-state index in [1.807, 2.05) is 14.1 Å². The maximum absolute atomic E-state index is 12.2. The Labute approximate surface area is 129 Å². The summed E-state index contributed by atoms with van der Waals surface area (Å²) in [5.74, 6) is 0.342. The average Bonchev–Trinajstić information content (AvgIpc) is 2.37. The fourth-order valence-electron chi connectivity index (χ4n) is 1.65.